The molecule has 1 aromatic carbocycles. The lowest BCUT2D eigenvalue weighted by Gasteiger charge is -2.14. The fraction of sp³-hybridized carbons (Fsp3) is 0.412. The molecule has 0 bridgehead atoms. The van der Waals surface area contributed by atoms with Crippen LogP contribution in [0.1, 0.15) is 29.5 Å². The quantitative estimate of drug-likeness (QED) is 0.616. The minimum atomic E-state index is 0.0587. The topological polar surface area (TPSA) is 53.3 Å². The van der Waals surface area contributed by atoms with Gasteiger partial charge in [0, 0.05) is 26.2 Å². The van der Waals surface area contributed by atoms with E-state index in [0.717, 1.165) is 24.0 Å². The molecule has 0 unspecified atom stereocenters. The van der Waals surface area contributed by atoms with Gasteiger partial charge in [-0.25, -0.2) is 0 Å². The van der Waals surface area contributed by atoms with Crippen molar-refractivity contribution in [2.45, 2.75) is 26.7 Å². The Balaban J connectivity index is 2.29. The number of rotatable bonds is 5. The smallest absolute Gasteiger partial charge is 0.202 e. The molecule has 0 atom stereocenters. The zero-order chi connectivity index (χ0) is 15.6. The van der Waals surface area contributed by atoms with E-state index in [-0.39, 0.29) is 11.7 Å². The largest absolute Gasteiger partial charge is 0.452 e. The van der Waals surface area contributed by atoms with Crippen LogP contribution >= 0.6 is 0 Å². The van der Waals surface area contributed by atoms with Crippen LogP contribution in [-0.4, -0.2) is 24.8 Å². The average Bonchev–Trinajstić information content (AvgIpc) is 3.20. The lowest BCUT2D eigenvalue weighted by Crippen LogP contribution is -2.15. The monoisotopic (exact) mass is 284 g/mol. The van der Waals surface area contributed by atoms with Crippen LogP contribution in [0.2, 0.25) is 0 Å². The molecule has 1 saturated carbocycles. The summed E-state index contributed by atoms with van der Waals surface area (Å²) < 4.78 is 5.81. The Labute approximate surface area is 125 Å². The number of carbonyl (C=O) groups is 1. The summed E-state index contributed by atoms with van der Waals surface area (Å²) in [5.74, 6) is 1.14. The molecule has 0 aliphatic heterocycles. The van der Waals surface area contributed by atoms with Crippen LogP contribution in [0.4, 0.5) is 0 Å². The number of carbonyl (C=O) groups excluding carboxylic acids is 1. The highest BCUT2D eigenvalue weighted by molar-refractivity contribution is 5.97. The molecule has 0 amide bonds. The summed E-state index contributed by atoms with van der Waals surface area (Å²) in [6.45, 7) is 3.74. The van der Waals surface area contributed by atoms with Gasteiger partial charge in [0.05, 0.1) is 11.6 Å². The first-order chi connectivity index (χ1) is 9.92. The molecular formula is C17H20N2O2. The van der Waals surface area contributed by atoms with Crippen molar-refractivity contribution >= 4 is 5.78 Å². The van der Waals surface area contributed by atoms with Crippen molar-refractivity contribution in [2.24, 2.45) is 5.92 Å². The second-order valence-electron chi connectivity index (χ2n) is 5.74. The van der Waals surface area contributed by atoms with Crippen molar-refractivity contribution in [3.63, 3.8) is 0 Å². The van der Waals surface area contributed by atoms with E-state index in [1.54, 1.807) is 23.2 Å². The van der Waals surface area contributed by atoms with Crippen molar-refractivity contribution < 1.29 is 9.53 Å². The van der Waals surface area contributed by atoms with E-state index in [0.29, 0.717) is 17.1 Å². The molecule has 0 aromatic heterocycles. The van der Waals surface area contributed by atoms with Crippen LogP contribution in [0, 0.1) is 31.1 Å². The lowest BCUT2D eigenvalue weighted by molar-refractivity contribution is -0.118. The van der Waals surface area contributed by atoms with Crippen molar-refractivity contribution in [1.29, 1.82) is 5.26 Å². The van der Waals surface area contributed by atoms with Gasteiger partial charge in [0.15, 0.2) is 5.76 Å². The molecule has 110 valence electrons. The second kappa shape index (κ2) is 6.01. The van der Waals surface area contributed by atoms with Gasteiger partial charge in [-0.05, 0) is 49.9 Å². The van der Waals surface area contributed by atoms with E-state index in [2.05, 4.69) is 6.07 Å². The predicted octanol–water partition coefficient (Wildman–Crippen LogP) is 2.94. The number of nitrogens with zero attached hydrogens (tertiary/aromatic N) is 2. The van der Waals surface area contributed by atoms with E-state index in [4.69, 9.17) is 10.00 Å². The van der Waals surface area contributed by atoms with Crippen molar-refractivity contribution in [3.8, 4) is 11.8 Å². The van der Waals surface area contributed by atoms with Crippen molar-refractivity contribution in [1.82, 2.24) is 4.90 Å². The van der Waals surface area contributed by atoms with Gasteiger partial charge in [-0.1, -0.05) is 0 Å². The van der Waals surface area contributed by atoms with Gasteiger partial charge in [0.2, 0.25) is 5.78 Å². The molecule has 0 radical (unpaired) electrons. The Bertz CT molecular complexity index is 612. The molecule has 4 nitrogen and oxygen atoms in total. The highest BCUT2D eigenvalue weighted by Gasteiger charge is 2.33. The number of hydrogen-bond donors (Lipinski definition) is 0. The van der Waals surface area contributed by atoms with Crippen LogP contribution in [0.15, 0.2) is 24.1 Å². The van der Waals surface area contributed by atoms with Crippen LogP contribution in [0.25, 0.3) is 0 Å². The summed E-state index contributed by atoms with van der Waals surface area (Å²) in [5, 5.41) is 9.10. The summed E-state index contributed by atoms with van der Waals surface area (Å²) in [5.41, 5.74) is 2.38. The molecule has 1 fully saturated rings. The Morgan fingerprint density at radius 1 is 1.33 bits per heavy atom. The molecule has 1 aromatic rings. The lowest BCUT2D eigenvalue weighted by atomic mass is 10.0. The summed E-state index contributed by atoms with van der Waals surface area (Å²) in [6, 6.07) is 5.78. The fourth-order valence-corrected chi connectivity index (χ4v) is 2.21. The highest BCUT2D eigenvalue weighted by Crippen LogP contribution is 2.33. The first kappa shape index (κ1) is 15.1. The molecule has 0 N–H and O–H groups in total. The third-order valence-electron chi connectivity index (χ3n) is 3.41. The third kappa shape index (κ3) is 3.63. The maximum Gasteiger partial charge on any atom is 0.202 e. The van der Waals surface area contributed by atoms with Gasteiger partial charge in [0.1, 0.15) is 5.75 Å². The van der Waals surface area contributed by atoms with E-state index in [9.17, 15) is 4.79 Å². The maximum atomic E-state index is 12.3. The minimum absolute atomic E-state index is 0.0587. The fourth-order valence-electron chi connectivity index (χ4n) is 2.21. The van der Waals surface area contributed by atoms with E-state index in [1.807, 2.05) is 27.9 Å². The van der Waals surface area contributed by atoms with Crippen LogP contribution < -0.4 is 4.74 Å². The Kier molecular flexibility index (Phi) is 4.32. The Morgan fingerprint density at radius 2 is 1.90 bits per heavy atom. The SMILES string of the molecule is Cc1cc(O/C(=C/N(C)C)C(=O)C2CC2)cc(C)c1C#N. The average molecular weight is 284 g/mol. The zero-order valence-corrected chi connectivity index (χ0v) is 12.9. The van der Waals surface area contributed by atoms with Crippen LogP contribution in [-0.2, 0) is 4.79 Å². The van der Waals surface area contributed by atoms with Gasteiger partial charge in [0.25, 0.3) is 0 Å². The highest BCUT2D eigenvalue weighted by atomic mass is 16.5. The van der Waals surface area contributed by atoms with E-state index >= 15 is 0 Å². The van der Waals surface area contributed by atoms with Gasteiger partial charge in [-0.2, -0.15) is 5.26 Å². The first-order valence-electron chi connectivity index (χ1n) is 7.04. The number of nitriles is 1. The summed E-state index contributed by atoms with van der Waals surface area (Å²) in [7, 11) is 3.72. The summed E-state index contributed by atoms with van der Waals surface area (Å²) in [4.78, 5) is 14.1. The van der Waals surface area contributed by atoms with Gasteiger partial charge in [-0.15, -0.1) is 0 Å². The molecule has 1 aliphatic carbocycles. The standard InChI is InChI=1S/C17H20N2O2/c1-11-7-14(8-12(2)15(11)9-18)21-16(10-19(3)4)17(20)13-5-6-13/h7-8,10,13H,5-6H2,1-4H3/b16-10+. The van der Waals surface area contributed by atoms with Crippen molar-refractivity contribution in [2.75, 3.05) is 14.1 Å². The minimum Gasteiger partial charge on any atom is -0.452 e. The summed E-state index contributed by atoms with van der Waals surface area (Å²) >= 11 is 0. The number of ketones is 1. The first-order valence-corrected chi connectivity index (χ1v) is 7.04. The molecule has 0 spiro atoms. The second-order valence-corrected chi connectivity index (χ2v) is 5.74. The number of benzene rings is 1. The molecule has 0 saturated heterocycles. The third-order valence-corrected chi connectivity index (χ3v) is 3.41. The molecule has 1 aliphatic rings. The Hall–Kier alpha value is -2.28. The molecule has 0 heterocycles. The number of ether oxygens (including phenoxy) is 1. The molecular weight excluding hydrogens is 264 g/mol. The number of hydrogen-bond acceptors (Lipinski definition) is 4. The van der Waals surface area contributed by atoms with Crippen LogP contribution in [0.3, 0.4) is 0 Å². The van der Waals surface area contributed by atoms with Gasteiger partial charge in [-0.3, -0.25) is 4.79 Å². The number of Topliss-reactive ketones (excluding diaryl/α,β-unsaturated/α-hetero) is 1. The van der Waals surface area contributed by atoms with E-state index in [1.165, 1.54) is 0 Å². The summed E-state index contributed by atoms with van der Waals surface area (Å²) in [6.07, 6.45) is 3.60. The van der Waals surface area contributed by atoms with Gasteiger partial charge < -0.3 is 9.64 Å². The number of aryl methyl sites for hydroxylation is 2. The van der Waals surface area contributed by atoms with Crippen molar-refractivity contribution in [3.05, 3.63) is 40.8 Å². The van der Waals surface area contributed by atoms with E-state index < -0.39 is 0 Å². The predicted molar refractivity (Wildman–Crippen MR) is 80.8 cm³/mol. The molecule has 2 rings (SSSR count). The maximum absolute atomic E-state index is 12.3. The Morgan fingerprint density at radius 3 is 2.33 bits per heavy atom. The number of allylic oxidation sites excluding steroid dienone is 1. The molecule has 21 heavy (non-hydrogen) atoms. The van der Waals surface area contributed by atoms with Gasteiger partial charge >= 0.3 is 0 Å². The zero-order valence-electron chi connectivity index (χ0n) is 12.9. The normalized spacial score (nSPS) is 14.5. The van der Waals surface area contributed by atoms with Crippen LogP contribution in [0.5, 0.6) is 5.75 Å². The molecule has 4 heteroatoms.